The maximum Gasteiger partial charge on any atom is 0.262 e. The molecule has 2 amide bonds. The SMILES string of the molecule is C[C@@H](c1cnc2ccccc2n1)N1C(=O)c2ccccc2C1=O. The standard InChI is InChI=1S/C18H13N3O2/c1-11(16-10-19-14-8-4-5-9-15(14)20-16)21-17(22)12-6-2-3-7-13(12)18(21)23/h2-11H,1H3/t11-/m0/s1. The molecule has 23 heavy (non-hydrogen) atoms. The van der Waals surface area contributed by atoms with Gasteiger partial charge in [-0.05, 0) is 31.2 Å². The molecule has 0 fully saturated rings. The molecule has 0 spiro atoms. The van der Waals surface area contributed by atoms with Crippen LogP contribution in [0.4, 0.5) is 0 Å². The number of hydrogen-bond donors (Lipinski definition) is 0. The van der Waals surface area contributed by atoms with Gasteiger partial charge in [-0.15, -0.1) is 0 Å². The Morgan fingerprint density at radius 3 is 2.09 bits per heavy atom. The van der Waals surface area contributed by atoms with Gasteiger partial charge in [0.1, 0.15) is 0 Å². The summed E-state index contributed by atoms with van der Waals surface area (Å²) in [5.74, 6) is -0.568. The summed E-state index contributed by atoms with van der Waals surface area (Å²) in [6, 6.07) is 13.9. The summed E-state index contributed by atoms with van der Waals surface area (Å²) < 4.78 is 0. The van der Waals surface area contributed by atoms with E-state index in [4.69, 9.17) is 0 Å². The van der Waals surface area contributed by atoms with Gasteiger partial charge in [-0.2, -0.15) is 0 Å². The van der Waals surface area contributed by atoms with Crippen LogP contribution in [0, 0.1) is 0 Å². The first-order chi connectivity index (χ1) is 11.2. The second-order valence-corrected chi connectivity index (χ2v) is 5.49. The molecule has 5 heteroatoms. The van der Waals surface area contributed by atoms with Gasteiger partial charge in [-0.3, -0.25) is 19.5 Å². The Bertz CT molecular complexity index is 917. The van der Waals surface area contributed by atoms with E-state index in [2.05, 4.69) is 9.97 Å². The molecule has 2 heterocycles. The molecule has 1 aliphatic heterocycles. The molecule has 0 bridgehead atoms. The normalized spacial score (nSPS) is 15.1. The smallest absolute Gasteiger partial charge is 0.262 e. The zero-order valence-electron chi connectivity index (χ0n) is 12.4. The minimum Gasteiger partial charge on any atom is -0.269 e. The number of benzene rings is 2. The number of carbonyl (C=O) groups excluding carboxylic acids is 2. The molecule has 2 aromatic carbocycles. The van der Waals surface area contributed by atoms with Gasteiger partial charge in [0.25, 0.3) is 11.8 Å². The molecule has 1 aromatic heterocycles. The fourth-order valence-corrected chi connectivity index (χ4v) is 2.86. The molecular formula is C18H13N3O2. The van der Waals surface area contributed by atoms with Crippen molar-refractivity contribution in [3.63, 3.8) is 0 Å². The Morgan fingerprint density at radius 1 is 0.870 bits per heavy atom. The van der Waals surface area contributed by atoms with Crippen LogP contribution in [0.15, 0.2) is 54.7 Å². The Hall–Kier alpha value is -3.08. The highest BCUT2D eigenvalue weighted by atomic mass is 16.2. The summed E-state index contributed by atoms with van der Waals surface area (Å²) >= 11 is 0. The van der Waals surface area contributed by atoms with Crippen molar-refractivity contribution < 1.29 is 9.59 Å². The molecule has 1 aliphatic rings. The summed E-state index contributed by atoms with van der Waals surface area (Å²) in [4.78, 5) is 35.2. The minimum absolute atomic E-state index is 0.284. The van der Waals surface area contributed by atoms with Crippen LogP contribution in [0.1, 0.15) is 39.4 Å². The highest BCUT2D eigenvalue weighted by Gasteiger charge is 2.39. The van der Waals surface area contributed by atoms with Crippen molar-refractivity contribution in [3.8, 4) is 0 Å². The maximum atomic E-state index is 12.5. The molecule has 0 aliphatic carbocycles. The number of hydrogen-bond acceptors (Lipinski definition) is 4. The predicted octanol–water partition coefficient (Wildman–Crippen LogP) is 2.99. The predicted molar refractivity (Wildman–Crippen MR) is 84.9 cm³/mol. The van der Waals surface area contributed by atoms with Crippen LogP contribution < -0.4 is 0 Å². The largest absolute Gasteiger partial charge is 0.269 e. The fraction of sp³-hybridized carbons (Fsp3) is 0.111. The molecule has 4 rings (SSSR count). The van der Waals surface area contributed by atoms with E-state index in [-0.39, 0.29) is 11.8 Å². The van der Waals surface area contributed by atoms with Crippen LogP contribution in [0.25, 0.3) is 11.0 Å². The van der Waals surface area contributed by atoms with Crippen LogP contribution >= 0.6 is 0 Å². The lowest BCUT2D eigenvalue weighted by atomic mass is 10.1. The van der Waals surface area contributed by atoms with Crippen LogP contribution in [-0.4, -0.2) is 26.7 Å². The van der Waals surface area contributed by atoms with Crippen molar-refractivity contribution in [2.24, 2.45) is 0 Å². The Morgan fingerprint density at radius 2 is 1.43 bits per heavy atom. The highest BCUT2D eigenvalue weighted by molar-refractivity contribution is 6.21. The second-order valence-electron chi connectivity index (χ2n) is 5.49. The molecule has 0 saturated carbocycles. The number of fused-ring (bicyclic) bond motifs is 2. The summed E-state index contributed by atoms with van der Waals surface area (Å²) in [7, 11) is 0. The number of nitrogens with zero attached hydrogens (tertiary/aromatic N) is 3. The third-order valence-corrected chi connectivity index (χ3v) is 4.11. The van der Waals surface area contributed by atoms with E-state index < -0.39 is 6.04 Å². The molecule has 1 atom stereocenters. The average Bonchev–Trinajstić information content (AvgIpc) is 2.85. The molecule has 0 radical (unpaired) electrons. The first kappa shape index (κ1) is 13.6. The monoisotopic (exact) mass is 303 g/mol. The topological polar surface area (TPSA) is 63.2 Å². The quantitative estimate of drug-likeness (QED) is 0.683. The zero-order valence-corrected chi connectivity index (χ0v) is 12.4. The van der Waals surface area contributed by atoms with E-state index >= 15 is 0 Å². The van der Waals surface area contributed by atoms with Gasteiger partial charge in [0.2, 0.25) is 0 Å². The Labute approximate surface area is 132 Å². The third-order valence-electron chi connectivity index (χ3n) is 4.11. The van der Waals surface area contributed by atoms with Crippen LogP contribution in [0.3, 0.4) is 0 Å². The lowest BCUT2D eigenvalue weighted by Crippen LogP contribution is -2.33. The summed E-state index contributed by atoms with van der Waals surface area (Å²) in [6.07, 6.45) is 1.62. The molecule has 0 N–H and O–H groups in total. The molecule has 3 aromatic rings. The molecule has 5 nitrogen and oxygen atoms in total. The molecule has 112 valence electrons. The van der Waals surface area contributed by atoms with Crippen LogP contribution in [0.2, 0.25) is 0 Å². The fourth-order valence-electron chi connectivity index (χ4n) is 2.86. The number of amides is 2. The van der Waals surface area contributed by atoms with E-state index in [1.807, 2.05) is 24.3 Å². The molecule has 0 saturated heterocycles. The van der Waals surface area contributed by atoms with E-state index in [1.54, 1.807) is 37.4 Å². The molecular weight excluding hydrogens is 290 g/mol. The second kappa shape index (κ2) is 4.98. The lowest BCUT2D eigenvalue weighted by molar-refractivity contribution is 0.0592. The minimum atomic E-state index is -0.473. The number of para-hydroxylation sites is 2. The first-order valence-corrected chi connectivity index (χ1v) is 7.35. The Balaban J connectivity index is 1.75. The number of rotatable bonds is 2. The van der Waals surface area contributed by atoms with E-state index in [0.717, 1.165) is 11.0 Å². The Kier molecular flexibility index (Phi) is 2.94. The van der Waals surface area contributed by atoms with Gasteiger partial charge < -0.3 is 0 Å². The highest BCUT2D eigenvalue weighted by Crippen LogP contribution is 2.30. The van der Waals surface area contributed by atoms with Gasteiger partial charge in [0, 0.05) is 0 Å². The van der Waals surface area contributed by atoms with Gasteiger partial charge in [0.05, 0.1) is 40.1 Å². The van der Waals surface area contributed by atoms with Crippen molar-refractivity contribution in [2.75, 3.05) is 0 Å². The number of imide groups is 1. The van der Waals surface area contributed by atoms with Crippen molar-refractivity contribution >= 4 is 22.8 Å². The summed E-state index contributed by atoms with van der Waals surface area (Å²) in [6.45, 7) is 1.79. The van der Waals surface area contributed by atoms with Crippen molar-refractivity contribution in [3.05, 3.63) is 71.5 Å². The van der Waals surface area contributed by atoms with Gasteiger partial charge in [-0.25, -0.2) is 4.98 Å². The van der Waals surface area contributed by atoms with Crippen molar-refractivity contribution in [2.45, 2.75) is 13.0 Å². The summed E-state index contributed by atoms with van der Waals surface area (Å²) in [5.41, 5.74) is 3.01. The maximum absolute atomic E-state index is 12.5. The number of carbonyl (C=O) groups is 2. The van der Waals surface area contributed by atoms with Crippen molar-refractivity contribution in [1.29, 1.82) is 0 Å². The lowest BCUT2D eigenvalue weighted by Gasteiger charge is -2.21. The third kappa shape index (κ3) is 2.01. The van der Waals surface area contributed by atoms with Crippen molar-refractivity contribution in [1.82, 2.24) is 14.9 Å². The number of aromatic nitrogens is 2. The van der Waals surface area contributed by atoms with Crippen LogP contribution in [0.5, 0.6) is 0 Å². The molecule has 0 unspecified atom stereocenters. The van der Waals surface area contributed by atoms with E-state index in [9.17, 15) is 9.59 Å². The van der Waals surface area contributed by atoms with Gasteiger partial charge >= 0.3 is 0 Å². The average molecular weight is 303 g/mol. The van der Waals surface area contributed by atoms with Gasteiger partial charge in [0.15, 0.2) is 0 Å². The first-order valence-electron chi connectivity index (χ1n) is 7.35. The van der Waals surface area contributed by atoms with E-state index in [0.29, 0.717) is 16.8 Å². The van der Waals surface area contributed by atoms with Crippen LogP contribution in [-0.2, 0) is 0 Å². The summed E-state index contributed by atoms with van der Waals surface area (Å²) in [5, 5.41) is 0. The van der Waals surface area contributed by atoms with Gasteiger partial charge in [-0.1, -0.05) is 24.3 Å². The zero-order chi connectivity index (χ0) is 16.0. The van der Waals surface area contributed by atoms with E-state index in [1.165, 1.54) is 4.90 Å².